The summed E-state index contributed by atoms with van der Waals surface area (Å²) in [5.41, 5.74) is 1.10. The summed E-state index contributed by atoms with van der Waals surface area (Å²) < 4.78 is 17.2. The summed E-state index contributed by atoms with van der Waals surface area (Å²) in [5, 5.41) is 0. The molecule has 4 rings (SSSR count). The molecular weight excluding hydrogens is 394 g/mol. The summed E-state index contributed by atoms with van der Waals surface area (Å²) in [7, 11) is 1.72. The number of benzene rings is 2. The van der Waals surface area contributed by atoms with Gasteiger partial charge in [0.1, 0.15) is 5.76 Å². The average Bonchev–Trinajstić information content (AvgIpc) is 3.20. The lowest BCUT2D eigenvalue weighted by Gasteiger charge is -2.21. The first-order chi connectivity index (χ1) is 14.9. The highest BCUT2D eigenvalue weighted by Crippen LogP contribution is 2.49. The number of rotatable bonds is 5. The van der Waals surface area contributed by atoms with Crippen LogP contribution in [0.2, 0.25) is 0 Å². The highest BCUT2D eigenvalue weighted by atomic mass is 16.6. The molecule has 2 aliphatic heterocycles. The highest BCUT2D eigenvalue weighted by Gasteiger charge is 2.55. The molecule has 31 heavy (non-hydrogen) atoms. The van der Waals surface area contributed by atoms with Crippen LogP contribution in [-0.2, 0) is 29.4 Å². The fourth-order valence-corrected chi connectivity index (χ4v) is 3.73. The highest BCUT2D eigenvalue weighted by molar-refractivity contribution is 6.08. The zero-order valence-corrected chi connectivity index (χ0v) is 17.6. The standard InChI is InChI=1S/C25H23NO5/c1-4-29-23(27)14-17(2)30-22-16-25(31-21(22)15-18-10-6-5-7-11-18)19-12-8-9-13-20(19)26(3)24(25)28/h5-16H,4H2,1-3H3/b17-14+,21-15-. The van der Waals surface area contributed by atoms with Gasteiger partial charge in [-0.15, -0.1) is 0 Å². The number of esters is 1. The second kappa shape index (κ2) is 8.14. The van der Waals surface area contributed by atoms with Crippen molar-refractivity contribution in [3.8, 4) is 0 Å². The third-order valence-corrected chi connectivity index (χ3v) is 5.11. The molecule has 6 heteroatoms. The average molecular weight is 417 g/mol. The van der Waals surface area contributed by atoms with E-state index in [4.69, 9.17) is 14.2 Å². The monoisotopic (exact) mass is 417 g/mol. The lowest BCUT2D eigenvalue weighted by molar-refractivity contribution is -0.137. The lowest BCUT2D eigenvalue weighted by atomic mass is 9.95. The van der Waals surface area contributed by atoms with Crippen molar-refractivity contribution >= 4 is 23.6 Å². The first-order valence-corrected chi connectivity index (χ1v) is 10.0. The zero-order valence-electron chi connectivity index (χ0n) is 17.6. The predicted octanol–water partition coefficient (Wildman–Crippen LogP) is 4.30. The number of nitrogens with zero attached hydrogens (tertiary/aromatic N) is 1. The van der Waals surface area contributed by atoms with E-state index in [9.17, 15) is 9.59 Å². The second-order valence-electron chi connectivity index (χ2n) is 7.26. The fraction of sp³-hybridized carbons (Fsp3) is 0.200. The molecule has 0 radical (unpaired) electrons. The van der Waals surface area contributed by atoms with Gasteiger partial charge in [-0.25, -0.2) is 4.79 Å². The largest absolute Gasteiger partial charge is 0.464 e. The van der Waals surface area contributed by atoms with Gasteiger partial charge in [-0.2, -0.15) is 0 Å². The number of likely N-dealkylation sites (N-methyl/N-ethyl adjacent to an activating group) is 1. The van der Waals surface area contributed by atoms with Gasteiger partial charge < -0.3 is 19.1 Å². The number of fused-ring (bicyclic) bond motifs is 2. The Hall–Kier alpha value is -3.80. The SMILES string of the molecule is CCOC(=O)/C=C(\C)OC1=CC2(O/C1=C\c1ccccc1)C(=O)N(C)c1ccccc12. The Morgan fingerprint density at radius 3 is 2.58 bits per heavy atom. The van der Waals surface area contributed by atoms with Crippen molar-refractivity contribution in [3.63, 3.8) is 0 Å². The first-order valence-electron chi connectivity index (χ1n) is 10.0. The normalized spacial score (nSPS) is 21.2. The van der Waals surface area contributed by atoms with Gasteiger partial charge in [0.25, 0.3) is 5.91 Å². The minimum atomic E-state index is -1.31. The van der Waals surface area contributed by atoms with Gasteiger partial charge in [-0.3, -0.25) is 4.79 Å². The summed E-state index contributed by atoms with van der Waals surface area (Å²) in [6.45, 7) is 3.66. The Bertz CT molecular complexity index is 1120. The molecule has 2 aromatic rings. The maximum Gasteiger partial charge on any atom is 0.334 e. The van der Waals surface area contributed by atoms with E-state index in [1.165, 1.54) is 6.08 Å². The molecule has 1 unspecified atom stereocenters. The number of ether oxygens (including phenoxy) is 3. The van der Waals surface area contributed by atoms with Crippen LogP contribution < -0.4 is 4.90 Å². The third kappa shape index (κ3) is 3.72. The summed E-state index contributed by atoms with van der Waals surface area (Å²) in [4.78, 5) is 26.6. The number of hydrogen-bond acceptors (Lipinski definition) is 5. The number of hydrogen-bond donors (Lipinski definition) is 0. The van der Waals surface area contributed by atoms with Crippen molar-refractivity contribution in [3.05, 3.63) is 95.2 Å². The maximum atomic E-state index is 13.3. The fourth-order valence-electron chi connectivity index (χ4n) is 3.73. The van der Waals surface area contributed by atoms with Crippen LogP contribution in [0, 0.1) is 0 Å². The van der Waals surface area contributed by atoms with Crippen molar-refractivity contribution in [1.82, 2.24) is 0 Å². The topological polar surface area (TPSA) is 65.1 Å². The van der Waals surface area contributed by atoms with Crippen molar-refractivity contribution in [2.45, 2.75) is 19.4 Å². The smallest absolute Gasteiger partial charge is 0.334 e. The van der Waals surface area contributed by atoms with Crippen LogP contribution in [0.15, 0.2) is 84.0 Å². The minimum absolute atomic E-state index is 0.210. The van der Waals surface area contributed by atoms with E-state index in [0.29, 0.717) is 17.3 Å². The molecule has 6 nitrogen and oxygen atoms in total. The minimum Gasteiger partial charge on any atom is -0.464 e. The Morgan fingerprint density at radius 1 is 1.13 bits per heavy atom. The van der Waals surface area contributed by atoms with E-state index in [2.05, 4.69) is 0 Å². The zero-order chi connectivity index (χ0) is 22.0. The van der Waals surface area contributed by atoms with E-state index in [1.807, 2.05) is 60.7 Å². The van der Waals surface area contributed by atoms with Gasteiger partial charge in [-0.05, 0) is 31.6 Å². The van der Waals surface area contributed by atoms with Crippen LogP contribution in [0.1, 0.15) is 25.0 Å². The number of para-hydroxylation sites is 1. The molecule has 1 amide bonds. The van der Waals surface area contributed by atoms with Crippen molar-refractivity contribution in [2.75, 3.05) is 18.6 Å². The van der Waals surface area contributed by atoms with Gasteiger partial charge in [0.15, 0.2) is 11.5 Å². The van der Waals surface area contributed by atoms with E-state index in [1.54, 1.807) is 31.9 Å². The molecule has 1 atom stereocenters. The van der Waals surface area contributed by atoms with Crippen molar-refractivity contribution in [2.24, 2.45) is 0 Å². The van der Waals surface area contributed by atoms with E-state index < -0.39 is 11.6 Å². The first kappa shape index (κ1) is 20.5. The van der Waals surface area contributed by atoms with Crippen LogP contribution in [-0.4, -0.2) is 25.5 Å². The van der Waals surface area contributed by atoms with Crippen LogP contribution >= 0.6 is 0 Å². The summed E-state index contributed by atoms with van der Waals surface area (Å²) in [6, 6.07) is 17.1. The molecule has 0 fully saturated rings. The van der Waals surface area contributed by atoms with Crippen LogP contribution in [0.5, 0.6) is 0 Å². The molecule has 0 aromatic heterocycles. The van der Waals surface area contributed by atoms with E-state index in [-0.39, 0.29) is 12.5 Å². The predicted molar refractivity (Wildman–Crippen MR) is 117 cm³/mol. The molecule has 2 aromatic carbocycles. The van der Waals surface area contributed by atoms with Gasteiger partial charge >= 0.3 is 5.97 Å². The number of anilines is 1. The molecular formula is C25H23NO5. The Morgan fingerprint density at radius 2 is 1.84 bits per heavy atom. The van der Waals surface area contributed by atoms with E-state index in [0.717, 1.165) is 16.8 Å². The number of carbonyl (C=O) groups is 2. The third-order valence-electron chi connectivity index (χ3n) is 5.11. The second-order valence-corrected chi connectivity index (χ2v) is 7.26. The molecule has 1 spiro atoms. The van der Waals surface area contributed by atoms with E-state index >= 15 is 0 Å². The molecule has 2 heterocycles. The molecule has 158 valence electrons. The Labute approximate surface area is 181 Å². The number of carbonyl (C=O) groups excluding carboxylic acids is 2. The molecule has 0 aliphatic carbocycles. The molecule has 0 saturated heterocycles. The van der Waals surface area contributed by atoms with Gasteiger partial charge in [0, 0.05) is 18.7 Å². The number of allylic oxidation sites excluding steroid dienone is 1. The van der Waals surface area contributed by atoms with Gasteiger partial charge in [0.2, 0.25) is 5.60 Å². The lowest BCUT2D eigenvalue weighted by Crippen LogP contribution is -2.37. The molecule has 0 N–H and O–H groups in total. The molecule has 0 saturated carbocycles. The van der Waals surface area contributed by atoms with Gasteiger partial charge in [0.05, 0.1) is 18.4 Å². The van der Waals surface area contributed by atoms with Crippen LogP contribution in [0.4, 0.5) is 5.69 Å². The maximum absolute atomic E-state index is 13.3. The Balaban J connectivity index is 1.77. The molecule has 0 bridgehead atoms. The van der Waals surface area contributed by atoms with Crippen LogP contribution in [0.25, 0.3) is 6.08 Å². The Kier molecular flexibility index (Phi) is 5.38. The quantitative estimate of drug-likeness (QED) is 0.412. The summed E-state index contributed by atoms with van der Waals surface area (Å²) >= 11 is 0. The van der Waals surface area contributed by atoms with Crippen LogP contribution in [0.3, 0.4) is 0 Å². The van der Waals surface area contributed by atoms with Crippen molar-refractivity contribution in [1.29, 1.82) is 0 Å². The number of amides is 1. The summed E-state index contributed by atoms with van der Waals surface area (Å²) in [6.07, 6.45) is 4.76. The van der Waals surface area contributed by atoms with Crippen molar-refractivity contribution < 1.29 is 23.8 Å². The molecule has 2 aliphatic rings. The summed E-state index contributed by atoms with van der Waals surface area (Å²) in [5.74, 6) is 0.390. The van der Waals surface area contributed by atoms with Gasteiger partial charge in [-0.1, -0.05) is 48.5 Å².